The Kier molecular flexibility index (Phi) is 3.90. The van der Waals surface area contributed by atoms with Crippen LogP contribution < -0.4 is 14.2 Å². The second-order valence-electron chi connectivity index (χ2n) is 4.04. The molecule has 0 aliphatic carbocycles. The van der Waals surface area contributed by atoms with Crippen molar-refractivity contribution in [1.29, 1.82) is 0 Å². The second kappa shape index (κ2) is 5.61. The van der Waals surface area contributed by atoms with Gasteiger partial charge in [0.25, 0.3) is 0 Å². The number of aryl methyl sites for hydroxylation is 1. The van der Waals surface area contributed by atoms with Gasteiger partial charge in [-0.15, -0.1) is 0 Å². The maximum Gasteiger partial charge on any atom is 0.148 e. The third-order valence-corrected chi connectivity index (χ3v) is 2.98. The van der Waals surface area contributed by atoms with E-state index in [1.54, 1.807) is 27.5 Å². The van der Waals surface area contributed by atoms with E-state index >= 15 is 0 Å². The lowest BCUT2D eigenvalue weighted by atomic mass is 10.0. The monoisotopic (exact) mass is 259 g/mol. The van der Waals surface area contributed by atoms with E-state index in [4.69, 9.17) is 14.2 Å². The van der Waals surface area contributed by atoms with E-state index in [2.05, 4.69) is 4.98 Å². The van der Waals surface area contributed by atoms with Crippen LogP contribution in [0.25, 0.3) is 11.1 Å². The van der Waals surface area contributed by atoms with Gasteiger partial charge in [0, 0.05) is 17.3 Å². The molecule has 0 spiro atoms. The van der Waals surface area contributed by atoms with Crippen LogP contribution in [0, 0.1) is 6.92 Å². The lowest BCUT2D eigenvalue weighted by Gasteiger charge is -2.14. The average molecular weight is 259 g/mol. The summed E-state index contributed by atoms with van der Waals surface area (Å²) in [4.78, 5) is 4.24. The van der Waals surface area contributed by atoms with Crippen LogP contribution in [0.4, 0.5) is 0 Å². The van der Waals surface area contributed by atoms with Gasteiger partial charge in [0.05, 0.1) is 27.0 Å². The molecule has 100 valence electrons. The van der Waals surface area contributed by atoms with Crippen LogP contribution in [0.5, 0.6) is 17.2 Å². The van der Waals surface area contributed by atoms with Crippen LogP contribution >= 0.6 is 0 Å². The Hall–Kier alpha value is -2.23. The lowest BCUT2D eigenvalue weighted by Crippen LogP contribution is -1.96. The van der Waals surface area contributed by atoms with Crippen molar-refractivity contribution in [2.45, 2.75) is 6.92 Å². The number of rotatable bonds is 4. The molecule has 0 amide bonds. The zero-order valence-electron chi connectivity index (χ0n) is 11.6. The molecule has 0 saturated heterocycles. The van der Waals surface area contributed by atoms with Crippen LogP contribution in [-0.2, 0) is 0 Å². The first-order chi connectivity index (χ1) is 9.21. The Morgan fingerprint density at radius 2 is 1.68 bits per heavy atom. The standard InChI is InChI=1S/C15H17NO3/c1-10-15(19-4)12(7-8-16-10)13-9-11(17-2)5-6-14(13)18-3/h5-9H,1-4H3. The van der Waals surface area contributed by atoms with Crippen molar-refractivity contribution < 1.29 is 14.2 Å². The summed E-state index contributed by atoms with van der Waals surface area (Å²) in [5.41, 5.74) is 2.69. The third-order valence-electron chi connectivity index (χ3n) is 2.98. The molecule has 19 heavy (non-hydrogen) atoms. The Balaban J connectivity index is 2.66. The molecule has 0 atom stereocenters. The fraction of sp³-hybridized carbons (Fsp3) is 0.267. The second-order valence-corrected chi connectivity index (χ2v) is 4.04. The van der Waals surface area contributed by atoms with Crippen molar-refractivity contribution in [3.63, 3.8) is 0 Å². The van der Waals surface area contributed by atoms with Crippen LogP contribution in [-0.4, -0.2) is 26.3 Å². The first kappa shape index (κ1) is 13.2. The van der Waals surface area contributed by atoms with Crippen LogP contribution in [0.3, 0.4) is 0 Å². The van der Waals surface area contributed by atoms with Gasteiger partial charge in [-0.25, -0.2) is 0 Å². The topological polar surface area (TPSA) is 40.6 Å². The molecule has 0 saturated carbocycles. The molecule has 1 aromatic heterocycles. The van der Waals surface area contributed by atoms with E-state index in [9.17, 15) is 0 Å². The van der Waals surface area contributed by atoms with Crippen molar-refractivity contribution in [3.05, 3.63) is 36.2 Å². The molecule has 0 aliphatic rings. The minimum absolute atomic E-state index is 0.744. The molecule has 1 heterocycles. The molecule has 2 rings (SSSR count). The highest BCUT2D eigenvalue weighted by Gasteiger charge is 2.14. The molecule has 2 aromatic rings. The fourth-order valence-corrected chi connectivity index (χ4v) is 2.05. The number of methoxy groups -OCH3 is 3. The molecule has 0 fully saturated rings. The third kappa shape index (κ3) is 2.47. The highest BCUT2D eigenvalue weighted by atomic mass is 16.5. The average Bonchev–Trinajstić information content (AvgIpc) is 2.46. The van der Waals surface area contributed by atoms with Crippen molar-refractivity contribution >= 4 is 0 Å². The largest absolute Gasteiger partial charge is 0.497 e. The minimum Gasteiger partial charge on any atom is -0.497 e. The van der Waals surface area contributed by atoms with Crippen molar-refractivity contribution in [2.75, 3.05) is 21.3 Å². The number of pyridine rings is 1. The molecule has 4 nitrogen and oxygen atoms in total. The zero-order chi connectivity index (χ0) is 13.8. The molecule has 0 unspecified atom stereocenters. The van der Waals surface area contributed by atoms with E-state index in [1.165, 1.54) is 0 Å². The molecule has 1 aromatic carbocycles. The van der Waals surface area contributed by atoms with Crippen LogP contribution in [0.2, 0.25) is 0 Å². The Labute approximate surface area is 113 Å². The van der Waals surface area contributed by atoms with Gasteiger partial charge < -0.3 is 14.2 Å². The van der Waals surface area contributed by atoms with Gasteiger partial charge in [0.1, 0.15) is 17.2 Å². The van der Waals surface area contributed by atoms with Gasteiger partial charge in [-0.3, -0.25) is 4.98 Å². The van der Waals surface area contributed by atoms with E-state index < -0.39 is 0 Å². The Morgan fingerprint density at radius 1 is 0.895 bits per heavy atom. The molecule has 0 aliphatic heterocycles. The van der Waals surface area contributed by atoms with Crippen LogP contribution in [0.1, 0.15) is 5.69 Å². The number of ether oxygens (including phenoxy) is 3. The van der Waals surface area contributed by atoms with E-state index in [0.29, 0.717) is 0 Å². The highest BCUT2D eigenvalue weighted by molar-refractivity contribution is 5.77. The summed E-state index contributed by atoms with van der Waals surface area (Å²) in [6.45, 7) is 1.91. The quantitative estimate of drug-likeness (QED) is 0.846. The van der Waals surface area contributed by atoms with E-state index in [1.807, 2.05) is 31.2 Å². The predicted octanol–water partition coefficient (Wildman–Crippen LogP) is 3.08. The maximum atomic E-state index is 5.44. The summed E-state index contributed by atoms with van der Waals surface area (Å²) in [6.07, 6.45) is 1.76. The molecule has 4 heteroatoms. The van der Waals surface area contributed by atoms with Crippen molar-refractivity contribution in [1.82, 2.24) is 4.98 Å². The fourth-order valence-electron chi connectivity index (χ4n) is 2.05. The normalized spacial score (nSPS) is 10.1. The van der Waals surface area contributed by atoms with E-state index in [0.717, 1.165) is 34.1 Å². The molecular formula is C15H17NO3. The zero-order valence-corrected chi connectivity index (χ0v) is 11.6. The van der Waals surface area contributed by atoms with Crippen molar-refractivity contribution in [3.8, 4) is 28.4 Å². The first-order valence-electron chi connectivity index (χ1n) is 5.93. The molecule has 0 bridgehead atoms. The number of benzene rings is 1. The molecule has 0 radical (unpaired) electrons. The number of nitrogens with zero attached hydrogens (tertiary/aromatic N) is 1. The summed E-state index contributed by atoms with van der Waals surface area (Å²) in [5.74, 6) is 2.28. The number of aromatic nitrogens is 1. The lowest BCUT2D eigenvalue weighted by molar-refractivity contribution is 0.401. The summed E-state index contributed by atoms with van der Waals surface area (Å²) in [7, 11) is 4.92. The Morgan fingerprint density at radius 3 is 2.32 bits per heavy atom. The van der Waals surface area contributed by atoms with Gasteiger partial charge >= 0.3 is 0 Å². The van der Waals surface area contributed by atoms with Gasteiger partial charge in [0.15, 0.2) is 0 Å². The summed E-state index contributed by atoms with van der Waals surface area (Å²) >= 11 is 0. The highest BCUT2D eigenvalue weighted by Crippen LogP contribution is 2.39. The van der Waals surface area contributed by atoms with Gasteiger partial charge in [0.2, 0.25) is 0 Å². The first-order valence-corrected chi connectivity index (χ1v) is 5.93. The van der Waals surface area contributed by atoms with Crippen LogP contribution in [0.15, 0.2) is 30.5 Å². The minimum atomic E-state index is 0.744. The summed E-state index contributed by atoms with van der Waals surface area (Å²) < 4.78 is 16.1. The maximum absolute atomic E-state index is 5.44. The predicted molar refractivity (Wildman–Crippen MR) is 74.1 cm³/mol. The molecule has 0 N–H and O–H groups in total. The van der Waals surface area contributed by atoms with Crippen molar-refractivity contribution in [2.24, 2.45) is 0 Å². The van der Waals surface area contributed by atoms with Gasteiger partial charge in [-0.2, -0.15) is 0 Å². The van der Waals surface area contributed by atoms with Gasteiger partial charge in [-0.1, -0.05) is 0 Å². The summed E-state index contributed by atoms with van der Waals surface area (Å²) in [6, 6.07) is 7.57. The smallest absolute Gasteiger partial charge is 0.148 e. The SMILES string of the molecule is COc1ccc(OC)c(-c2ccnc(C)c2OC)c1. The Bertz CT molecular complexity index is 582. The molecular weight excluding hydrogens is 242 g/mol. The summed E-state index contributed by atoms with van der Waals surface area (Å²) in [5, 5.41) is 0. The van der Waals surface area contributed by atoms with E-state index in [-0.39, 0.29) is 0 Å². The number of hydrogen-bond acceptors (Lipinski definition) is 4. The number of hydrogen-bond donors (Lipinski definition) is 0. The van der Waals surface area contributed by atoms with Gasteiger partial charge in [-0.05, 0) is 31.2 Å².